The van der Waals surface area contributed by atoms with E-state index in [2.05, 4.69) is 4.98 Å². The molecule has 8 nitrogen and oxygen atoms in total. The van der Waals surface area contributed by atoms with E-state index < -0.39 is 5.97 Å². The Morgan fingerprint density at radius 1 is 1.07 bits per heavy atom. The average Bonchev–Trinajstić information content (AvgIpc) is 3.15. The molecule has 4 rings (SSSR count). The van der Waals surface area contributed by atoms with Gasteiger partial charge in [0.15, 0.2) is 16.5 Å². The van der Waals surface area contributed by atoms with Gasteiger partial charge in [-0.3, -0.25) is 9.20 Å². The molecule has 1 aromatic carbocycles. The Hall–Kier alpha value is -3.07. The highest BCUT2D eigenvalue weighted by Gasteiger charge is 2.20. The summed E-state index contributed by atoms with van der Waals surface area (Å²) in [6, 6.07) is 4.46. The third-order valence-electron chi connectivity index (χ3n) is 5.07. The van der Waals surface area contributed by atoms with Gasteiger partial charge in [-0.05, 0) is 37.8 Å². The predicted octanol–water partition coefficient (Wildman–Crippen LogP) is 3.02. The number of thiazole rings is 1. The smallest absolute Gasteiger partial charge is 0.338 e. The fourth-order valence-electron chi connectivity index (χ4n) is 3.64. The number of carbonyl (C=O) groups excluding carboxylic acids is 1. The van der Waals surface area contributed by atoms with Crippen LogP contribution in [0.3, 0.4) is 0 Å². The van der Waals surface area contributed by atoms with E-state index in [4.69, 9.17) is 18.9 Å². The number of esters is 1. The van der Waals surface area contributed by atoms with Crippen LogP contribution in [0.5, 0.6) is 17.2 Å². The van der Waals surface area contributed by atoms with Crippen molar-refractivity contribution in [1.29, 1.82) is 0 Å². The highest BCUT2D eigenvalue weighted by atomic mass is 32.1. The lowest BCUT2D eigenvalue weighted by atomic mass is 10.0. The molecule has 0 atom stereocenters. The van der Waals surface area contributed by atoms with Crippen molar-refractivity contribution in [3.63, 3.8) is 0 Å². The summed E-state index contributed by atoms with van der Waals surface area (Å²) in [4.78, 5) is 31.6. The van der Waals surface area contributed by atoms with Crippen LogP contribution in [0.2, 0.25) is 0 Å². The van der Waals surface area contributed by atoms with Gasteiger partial charge in [0, 0.05) is 16.6 Å². The van der Waals surface area contributed by atoms with Crippen LogP contribution in [-0.4, -0.2) is 36.7 Å². The summed E-state index contributed by atoms with van der Waals surface area (Å²) in [7, 11) is 4.43. The molecule has 30 heavy (non-hydrogen) atoms. The van der Waals surface area contributed by atoms with Gasteiger partial charge < -0.3 is 18.9 Å². The molecule has 0 unspecified atom stereocenters. The lowest BCUT2D eigenvalue weighted by molar-refractivity contribution is 0.0467. The van der Waals surface area contributed by atoms with E-state index in [1.54, 1.807) is 4.40 Å². The van der Waals surface area contributed by atoms with Gasteiger partial charge in [0.1, 0.15) is 6.61 Å². The van der Waals surface area contributed by atoms with Crippen LogP contribution in [0.1, 0.15) is 39.5 Å². The van der Waals surface area contributed by atoms with E-state index in [-0.39, 0.29) is 17.7 Å². The van der Waals surface area contributed by atoms with Gasteiger partial charge in [-0.25, -0.2) is 9.78 Å². The number of carbonyl (C=O) groups is 1. The van der Waals surface area contributed by atoms with Gasteiger partial charge in [0.25, 0.3) is 5.56 Å². The number of fused-ring (bicyclic) bond motifs is 3. The minimum atomic E-state index is -0.582. The first kappa shape index (κ1) is 20.2. The molecular formula is C21H22N2O6S. The van der Waals surface area contributed by atoms with Crippen LogP contribution in [0.25, 0.3) is 4.96 Å². The number of aromatic nitrogens is 2. The maximum atomic E-state index is 12.6. The zero-order chi connectivity index (χ0) is 21.3. The van der Waals surface area contributed by atoms with Gasteiger partial charge in [0.05, 0.1) is 32.6 Å². The minimum Gasteiger partial charge on any atom is -0.493 e. The van der Waals surface area contributed by atoms with Gasteiger partial charge >= 0.3 is 5.97 Å². The summed E-state index contributed by atoms with van der Waals surface area (Å²) < 4.78 is 22.9. The van der Waals surface area contributed by atoms with Crippen molar-refractivity contribution in [2.45, 2.75) is 32.3 Å². The van der Waals surface area contributed by atoms with E-state index in [1.165, 1.54) is 55.7 Å². The number of nitrogens with zero attached hydrogens (tertiary/aromatic N) is 2. The summed E-state index contributed by atoms with van der Waals surface area (Å²) in [6.07, 6.45) is 4.09. The van der Waals surface area contributed by atoms with Gasteiger partial charge in [-0.1, -0.05) is 0 Å². The standard InChI is InChI=1S/C21H22N2O6S/c1-26-15-8-12(9-16(27-2)19(15)28-3)20(25)29-11-13-10-18(24)23-14-6-4-5-7-17(14)30-21(23)22-13/h8-10H,4-7,11H2,1-3H3. The number of benzene rings is 1. The number of ether oxygens (including phenoxy) is 4. The van der Waals surface area contributed by atoms with Crippen LogP contribution in [0, 0.1) is 0 Å². The number of hydrogen-bond acceptors (Lipinski definition) is 8. The van der Waals surface area contributed by atoms with E-state index in [0.29, 0.717) is 27.9 Å². The van der Waals surface area contributed by atoms with E-state index >= 15 is 0 Å². The molecule has 2 aromatic heterocycles. The van der Waals surface area contributed by atoms with Crippen molar-refractivity contribution in [3.05, 3.63) is 50.4 Å². The molecule has 158 valence electrons. The fraction of sp³-hybridized carbons (Fsp3) is 0.381. The van der Waals surface area contributed by atoms with Crippen LogP contribution in [0.4, 0.5) is 0 Å². The monoisotopic (exact) mass is 430 g/mol. The number of rotatable bonds is 6. The van der Waals surface area contributed by atoms with E-state index in [9.17, 15) is 9.59 Å². The largest absolute Gasteiger partial charge is 0.493 e. The third-order valence-corrected chi connectivity index (χ3v) is 6.21. The van der Waals surface area contributed by atoms with Crippen LogP contribution >= 0.6 is 11.3 Å². The molecule has 0 N–H and O–H groups in total. The number of methoxy groups -OCH3 is 3. The second-order valence-electron chi connectivity index (χ2n) is 6.87. The molecule has 0 saturated heterocycles. The van der Waals surface area contributed by atoms with E-state index in [0.717, 1.165) is 31.4 Å². The Morgan fingerprint density at radius 3 is 2.43 bits per heavy atom. The third kappa shape index (κ3) is 3.60. The Kier molecular flexibility index (Phi) is 5.63. The zero-order valence-electron chi connectivity index (χ0n) is 17.0. The van der Waals surface area contributed by atoms with Crippen LogP contribution < -0.4 is 19.8 Å². The molecule has 1 aliphatic rings. The summed E-state index contributed by atoms with van der Waals surface area (Å²) in [5, 5.41) is 0. The first-order chi connectivity index (χ1) is 14.5. The molecule has 1 aliphatic carbocycles. The second kappa shape index (κ2) is 8.35. The lowest BCUT2D eigenvalue weighted by Gasteiger charge is -2.13. The van der Waals surface area contributed by atoms with Crippen molar-refractivity contribution < 1.29 is 23.7 Å². The molecule has 0 aliphatic heterocycles. The van der Waals surface area contributed by atoms with Crippen molar-refractivity contribution >= 4 is 22.3 Å². The lowest BCUT2D eigenvalue weighted by Crippen LogP contribution is -2.18. The van der Waals surface area contributed by atoms with Gasteiger partial charge in [0.2, 0.25) is 5.75 Å². The van der Waals surface area contributed by atoms with Crippen molar-refractivity contribution in [1.82, 2.24) is 9.38 Å². The summed E-state index contributed by atoms with van der Waals surface area (Å²) in [6.45, 7) is -0.107. The van der Waals surface area contributed by atoms with Crippen LogP contribution in [-0.2, 0) is 24.2 Å². The summed E-state index contributed by atoms with van der Waals surface area (Å²) in [5.41, 5.74) is 1.59. The average molecular weight is 430 g/mol. The first-order valence-electron chi connectivity index (χ1n) is 9.56. The number of hydrogen-bond donors (Lipinski definition) is 0. The number of aryl methyl sites for hydroxylation is 2. The second-order valence-corrected chi connectivity index (χ2v) is 7.93. The van der Waals surface area contributed by atoms with Gasteiger partial charge in [-0.15, -0.1) is 11.3 Å². The Morgan fingerprint density at radius 2 is 1.77 bits per heavy atom. The topological polar surface area (TPSA) is 88.4 Å². The first-order valence-corrected chi connectivity index (χ1v) is 10.4. The zero-order valence-corrected chi connectivity index (χ0v) is 17.8. The maximum Gasteiger partial charge on any atom is 0.338 e. The fourth-order valence-corrected chi connectivity index (χ4v) is 4.87. The summed E-state index contributed by atoms with van der Waals surface area (Å²) in [5.74, 6) is 0.511. The highest BCUT2D eigenvalue weighted by Crippen LogP contribution is 2.38. The SMILES string of the molecule is COc1cc(C(=O)OCc2cc(=O)n3c4c(sc3n2)CCCC4)cc(OC)c1OC. The molecule has 0 bridgehead atoms. The minimum absolute atomic E-state index is 0.107. The molecule has 2 heterocycles. The molecule has 3 aromatic rings. The molecule has 0 amide bonds. The van der Waals surface area contributed by atoms with Crippen molar-refractivity contribution in [3.8, 4) is 17.2 Å². The highest BCUT2D eigenvalue weighted by molar-refractivity contribution is 7.17. The molecule has 0 radical (unpaired) electrons. The Labute approximate surface area is 177 Å². The normalized spacial score (nSPS) is 13.0. The predicted molar refractivity (Wildman–Crippen MR) is 111 cm³/mol. The van der Waals surface area contributed by atoms with Crippen molar-refractivity contribution in [2.75, 3.05) is 21.3 Å². The molecule has 9 heteroatoms. The Bertz CT molecular complexity index is 1140. The quantitative estimate of drug-likeness (QED) is 0.556. The Balaban J connectivity index is 1.57. The van der Waals surface area contributed by atoms with E-state index in [1.807, 2.05) is 0 Å². The van der Waals surface area contributed by atoms with Crippen LogP contribution in [0.15, 0.2) is 23.0 Å². The maximum absolute atomic E-state index is 12.6. The molecule has 0 saturated carbocycles. The molecular weight excluding hydrogens is 408 g/mol. The molecule has 0 fully saturated rings. The summed E-state index contributed by atoms with van der Waals surface area (Å²) >= 11 is 1.54. The van der Waals surface area contributed by atoms with Crippen molar-refractivity contribution in [2.24, 2.45) is 0 Å². The molecule has 0 spiro atoms. The van der Waals surface area contributed by atoms with Gasteiger partial charge in [-0.2, -0.15) is 0 Å².